The predicted octanol–water partition coefficient (Wildman–Crippen LogP) is 4.67. The van der Waals surface area contributed by atoms with Crippen molar-refractivity contribution < 1.29 is 19.0 Å². The van der Waals surface area contributed by atoms with Crippen molar-refractivity contribution in [2.45, 2.75) is 57.1 Å². The van der Waals surface area contributed by atoms with Crippen molar-refractivity contribution in [3.8, 4) is 5.75 Å². The minimum atomic E-state index is -0.389. The Bertz CT molecular complexity index is 949. The molecule has 0 bridgehead atoms. The van der Waals surface area contributed by atoms with Gasteiger partial charge >= 0.3 is 0 Å². The highest BCUT2D eigenvalue weighted by Gasteiger charge is 2.27. The van der Waals surface area contributed by atoms with Gasteiger partial charge in [-0.3, -0.25) is 4.79 Å². The van der Waals surface area contributed by atoms with Gasteiger partial charge in [-0.1, -0.05) is 18.2 Å². The zero-order valence-corrected chi connectivity index (χ0v) is 19.6. The number of likely N-dealkylation sites (tertiary alicyclic amines) is 1. The van der Waals surface area contributed by atoms with Crippen LogP contribution in [0.5, 0.6) is 5.75 Å². The lowest BCUT2D eigenvalue weighted by Gasteiger charge is -2.18. The minimum Gasteiger partial charge on any atom is -0.494 e. The van der Waals surface area contributed by atoms with E-state index in [4.69, 9.17) is 4.74 Å². The van der Waals surface area contributed by atoms with Crippen LogP contribution in [0, 0.1) is 11.7 Å². The molecule has 5 nitrogen and oxygen atoms in total. The van der Waals surface area contributed by atoms with Crippen LogP contribution in [0.3, 0.4) is 0 Å². The van der Waals surface area contributed by atoms with Crippen LogP contribution < -0.4 is 10.1 Å². The molecule has 2 aromatic rings. The van der Waals surface area contributed by atoms with Gasteiger partial charge in [-0.2, -0.15) is 0 Å². The average molecular weight is 455 g/mol. The lowest BCUT2D eigenvalue weighted by atomic mass is 9.94. The Morgan fingerprint density at radius 2 is 2.00 bits per heavy atom. The van der Waals surface area contributed by atoms with Crippen LogP contribution in [0.1, 0.15) is 72.5 Å². The molecule has 1 aliphatic carbocycles. The number of halogens is 1. The van der Waals surface area contributed by atoms with Crippen molar-refractivity contribution in [1.29, 1.82) is 0 Å². The van der Waals surface area contributed by atoms with Gasteiger partial charge in [0.05, 0.1) is 13.2 Å². The monoisotopic (exact) mass is 454 g/mol. The number of hydrogen-bond acceptors (Lipinski definition) is 4. The number of carbonyl (C=O) groups is 1. The Morgan fingerprint density at radius 3 is 2.70 bits per heavy atom. The normalized spacial score (nSPS) is 23.6. The van der Waals surface area contributed by atoms with Gasteiger partial charge in [0.1, 0.15) is 0 Å². The van der Waals surface area contributed by atoms with Gasteiger partial charge in [0.15, 0.2) is 11.6 Å². The van der Waals surface area contributed by atoms with Gasteiger partial charge < -0.3 is 20.1 Å². The van der Waals surface area contributed by atoms with Crippen molar-refractivity contribution >= 4 is 5.91 Å². The van der Waals surface area contributed by atoms with Crippen molar-refractivity contribution in [2.24, 2.45) is 5.92 Å². The molecule has 2 aromatic carbocycles. The standard InChI is InChI=1S/C27H35FN2O3/c1-18(22-9-10-25(28)26(16-22)33-2)29-13-11-19-3-4-23(15-19)20-5-7-21(8-6-20)27(32)30-14-12-24(31)17-30/h5-10,16,18-19,23-24,29,31H,3-4,11-15,17H2,1-2H3. The van der Waals surface area contributed by atoms with E-state index < -0.39 is 0 Å². The summed E-state index contributed by atoms with van der Waals surface area (Å²) in [5.41, 5.74) is 3.05. The number of amides is 1. The summed E-state index contributed by atoms with van der Waals surface area (Å²) in [7, 11) is 1.49. The molecule has 4 atom stereocenters. The second-order valence-corrected chi connectivity index (χ2v) is 9.55. The van der Waals surface area contributed by atoms with Crippen molar-refractivity contribution in [3.05, 3.63) is 65.0 Å². The number of hydrogen-bond donors (Lipinski definition) is 2. The Hall–Kier alpha value is -2.44. The highest BCUT2D eigenvalue weighted by molar-refractivity contribution is 5.94. The number of nitrogens with zero attached hydrogens (tertiary/aromatic N) is 1. The molecule has 1 saturated heterocycles. The molecule has 1 saturated carbocycles. The number of aliphatic hydroxyl groups is 1. The van der Waals surface area contributed by atoms with Gasteiger partial charge in [-0.05, 0) is 92.8 Å². The van der Waals surface area contributed by atoms with E-state index in [2.05, 4.69) is 24.4 Å². The topological polar surface area (TPSA) is 61.8 Å². The van der Waals surface area contributed by atoms with Crippen LogP contribution >= 0.6 is 0 Å². The maximum Gasteiger partial charge on any atom is 0.253 e. The molecule has 4 unspecified atom stereocenters. The average Bonchev–Trinajstić information content (AvgIpc) is 3.48. The van der Waals surface area contributed by atoms with Gasteiger partial charge in [0, 0.05) is 24.7 Å². The van der Waals surface area contributed by atoms with Crippen molar-refractivity contribution in [1.82, 2.24) is 10.2 Å². The predicted molar refractivity (Wildman–Crippen MR) is 127 cm³/mol. The summed E-state index contributed by atoms with van der Waals surface area (Å²) in [6.07, 6.45) is 4.97. The van der Waals surface area contributed by atoms with Gasteiger partial charge in [0.2, 0.25) is 0 Å². The van der Waals surface area contributed by atoms with Gasteiger partial charge in [0.25, 0.3) is 5.91 Å². The molecule has 2 N–H and O–H groups in total. The molecule has 2 fully saturated rings. The van der Waals surface area contributed by atoms with E-state index in [1.165, 1.54) is 38.0 Å². The SMILES string of the molecule is COc1cc(C(C)NCCC2CCC(c3ccc(C(=O)N4CCC(O)C4)cc3)C2)ccc1F. The van der Waals surface area contributed by atoms with E-state index in [9.17, 15) is 14.3 Å². The van der Waals surface area contributed by atoms with Crippen molar-refractivity contribution in [3.63, 3.8) is 0 Å². The smallest absolute Gasteiger partial charge is 0.253 e. The summed E-state index contributed by atoms with van der Waals surface area (Å²) in [5.74, 6) is 1.20. The number of aliphatic hydroxyl groups excluding tert-OH is 1. The minimum absolute atomic E-state index is 0.0152. The number of benzene rings is 2. The van der Waals surface area contributed by atoms with Gasteiger partial charge in [-0.25, -0.2) is 4.39 Å². The fourth-order valence-electron chi connectivity index (χ4n) is 5.21. The Kier molecular flexibility index (Phi) is 7.66. The Balaban J connectivity index is 1.23. The van der Waals surface area contributed by atoms with Crippen LogP contribution in [0.15, 0.2) is 42.5 Å². The summed E-state index contributed by atoms with van der Waals surface area (Å²) >= 11 is 0. The fourth-order valence-corrected chi connectivity index (χ4v) is 5.21. The quantitative estimate of drug-likeness (QED) is 0.609. The third-order valence-electron chi connectivity index (χ3n) is 7.30. The number of methoxy groups -OCH3 is 1. The molecular formula is C27H35FN2O3. The zero-order chi connectivity index (χ0) is 23.4. The molecule has 4 rings (SSSR count). The summed E-state index contributed by atoms with van der Waals surface area (Å²) in [5, 5.41) is 13.2. The highest BCUT2D eigenvalue weighted by Crippen LogP contribution is 2.39. The first-order chi connectivity index (χ1) is 15.9. The van der Waals surface area contributed by atoms with Crippen LogP contribution in [-0.2, 0) is 0 Å². The van der Waals surface area contributed by atoms with E-state index in [-0.39, 0.29) is 29.6 Å². The first-order valence-electron chi connectivity index (χ1n) is 12.1. The third kappa shape index (κ3) is 5.74. The molecule has 2 aliphatic rings. The third-order valence-corrected chi connectivity index (χ3v) is 7.30. The van der Waals surface area contributed by atoms with Gasteiger partial charge in [-0.15, -0.1) is 0 Å². The Labute approximate surface area is 195 Å². The largest absolute Gasteiger partial charge is 0.494 e. The number of rotatable bonds is 8. The number of β-amino-alcohol motifs (C(OH)–C–C–N with tert-alkyl or cyclic N) is 1. The van der Waals surface area contributed by atoms with E-state index in [1.807, 2.05) is 12.1 Å². The van der Waals surface area contributed by atoms with Crippen molar-refractivity contribution in [2.75, 3.05) is 26.7 Å². The molecule has 0 spiro atoms. The molecule has 33 heavy (non-hydrogen) atoms. The second kappa shape index (κ2) is 10.7. The maximum absolute atomic E-state index is 13.6. The van der Waals surface area contributed by atoms with Crippen LogP contribution in [0.25, 0.3) is 0 Å². The molecule has 1 heterocycles. The number of ether oxygens (including phenoxy) is 1. The summed E-state index contributed by atoms with van der Waals surface area (Å²) in [6.45, 7) is 4.09. The van der Waals surface area contributed by atoms with E-state index in [0.29, 0.717) is 36.9 Å². The lowest BCUT2D eigenvalue weighted by molar-refractivity contribution is 0.0765. The van der Waals surface area contributed by atoms with Crippen LogP contribution in [0.4, 0.5) is 4.39 Å². The highest BCUT2D eigenvalue weighted by atomic mass is 19.1. The lowest BCUT2D eigenvalue weighted by Crippen LogP contribution is -2.29. The van der Waals surface area contributed by atoms with Crippen LogP contribution in [-0.4, -0.2) is 48.8 Å². The summed E-state index contributed by atoms with van der Waals surface area (Å²) in [6, 6.07) is 13.3. The second-order valence-electron chi connectivity index (χ2n) is 9.55. The van der Waals surface area contributed by atoms with E-state index in [1.54, 1.807) is 17.0 Å². The molecule has 1 amide bonds. The maximum atomic E-state index is 13.6. The molecule has 178 valence electrons. The van der Waals surface area contributed by atoms with Crippen LogP contribution in [0.2, 0.25) is 0 Å². The Morgan fingerprint density at radius 1 is 1.21 bits per heavy atom. The van der Waals surface area contributed by atoms with E-state index >= 15 is 0 Å². The molecule has 0 aromatic heterocycles. The molecular weight excluding hydrogens is 419 g/mol. The zero-order valence-electron chi connectivity index (χ0n) is 19.6. The summed E-state index contributed by atoms with van der Waals surface area (Å²) in [4.78, 5) is 14.3. The molecule has 6 heteroatoms. The van der Waals surface area contributed by atoms with E-state index in [0.717, 1.165) is 18.5 Å². The number of nitrogens with one attached hydrogen (secondary N) is 1. The summed E-state index contributed by atoms with van der Waals surface area (Å²) < 4.78 is 18.7. The number of carbonyl (C=O) groups excluding carboxylic acids is 1. The molecule has 1 aliphatic heterocycles. The fraction of sp³-hybridized carbons (Fsp3) is 0.519. The first-order valence-corrected chi connectivity index (χ1v) is 12.1. The molecule has 0 radical (unpaired) electrons. The first kappa shape index (κ1) is 23.7.